The van der Waals surface area contributed by atoms with E-state index in [-0.39, 0.29) is 25.4 Å². The molecule has 0 amide bonds. The van der Waals surface area contributed by atoms with Gasteiger partial charge in [0, 0.05) is 42.5 Å². The molecule has 0 spiro atoms. The number of hydrogen-bond acceptors (Lipinski definition) is 24. The number of ether oxygens (including phenoxy) is 19. The van der Waals surface area contributed by atoms with Crippen molar-refractivity contribution in [1.29, 1.82) is 0 Å². The number of carbonyl (C=O) groups excluding carboxylic acids is 5. The third-order valence-corrected chi connectivity index (χ3v) is 19.8. The van der Waals surface area contributed by atoms with E-state index in [4.69, 9.17) is 90.0 Å². The largest absolute Gasteiger partial charge is 0.493 e. The lowest BCUT2D eigenvalue weighted by molar-refractivity contribution is -0.135. The normalized spacial score (nSPS) is 11.2. The third-order valence-electron chi connectivity index (χ3n) is 19.8. The molecule has 0 saturated heterocycles. The van der Waals surface area contributed by atoms with E-state index in [2.05, 4.69) is 6.92 Å². The van der Waals surface area contributed by atoms with Gasteiger partial charge < -0.3 is 90.0 Å². The summed E-state index contributed by atoms with van der Waals surface area (Å²) in [5, 5.41) is 0. The first-order chi connectivity index (χ1) is 60.6. The van der Waals surface area contributed by atoms with E-state index < -0.39 is 29.8 Å². The molecule has 24 nitrogen and oxygen atoms in total. The molecule has 124 heavy (non-hydrogen) atoms. The molecule has 0 saturated carbocycles. The summed E-state index contributed by atoms with van der Waals surface area (Å²) < 4.78 is 111. The van der Waals surface area contributed by atoms with Crippen LogP contribution in [0.3, 0.4) is 0 Å². The Bertz CT molecular complexity index is 3970. The van der Waals surface area contributed by atoms with Gasteiger partial charge in [0.1, 0.15) is 47.7 Å². The van der Waals surface area contributed by atoms with Crippen LogP contribution in [-0.4, -0.2) is 146 Å². The summed E-state index contributed by atoms with van der Waals surface area (Å²) in [5.41, 5.74) is 4.94. The Morgan fingerprint density at radius 2 is 0.476 bits per heavy atom. The molecule has 0 aliphatic heterocycles. The highest BCUT2D eigenvalue weighted by atomic mass is 16.6. The summed E-state index contributed by atoms with van der Waals surface area (Å²) in [5.74, 6) is 5.70. The number of hydrogen-bond donors (Lipinski definition) is 0. The summed E-state index contributed by atoms with van der Waals surface area (Å²) in [7, 11) is 11.7. The minimum atomic E-state index is -0.487. The molecule has 7 aromatic carbocycles. The maximum absolute atomic E-state index is 14.2. The van der Waals surface area contributed by atoms with E-state index in [0.29, 0.717) is 133 Å². The molecular weight excluding hydrogens is 1590 g/mol. The Hall–Kier alpha value is -12.0. The van der Waals surface area contributed by atoms with Crippen LogP contribution in [0.2, 0.25) is 0 Å². The predicted octanol–water partition coefficient (Wildman–Crippen LogP) is 21.4. The van der Waals surface area contributed by atoms with Gasteiger partial charge in [0.25, 0.3) is 0 Å². The first-order valence-electron chi connectivity index (χ1n) is 43.3. The SMILES string of the molecule is CCCCCCCCCCCOC(=O)c1cc(OCc2cc(OCCCCCCOc3ccc(C=CC(=O)OC)cc3OC)cc(OCCCCCCOc3ccc(C=CC(=O)OC)cc3OC)c2)cc(OCc2cc(OCCCCCCOc3ccc(C=CC(=O)OC)cc3OC)cc(OCCCCCCOc3ccc(C=CC(=O)OC)cc3OC)c2)c1. The summed E-state index contributed by atoms with van der Waals surface area (Å²) >= 11 is 0. The second-order valence-corrected chi connectivity index (χ2v) is 29.4. The van der Waals surface area contributed by atoms with Crippen molar-refractivity contribution in [2.75, 3.05) is 116 Å². The highest BCUT2D eigenvalue weighted by Crippen LogP contribution is 2.35. The molecular formula is C100H128O24. The van der Waals surface area contributed by atoms with Crippen LogP contribution in [0.25, 0.3) is 24.3 Å². The molecule has 7 aromatic rings. The summed E-state index contributed by atoms with van der Waals surface area (Å²) in [6.07, 6.45) is 35.8. The van der Waals surface area contributed by atoms with E-state index in [1.54, 1.807) is 70.9 Å². The fourth-order valence-corrected chi connectivity index (χ4v) is 12.9. The van der Waals surface area contributed by atoms with Gasteiger partial charge in [0.2, 0.25) is 0 Å². The molecule has 0 heterocycles. The highest BCUT2D eigenvalue weighted by molar-refractivity contribution is 5.91. The highest BCUT2D eigenvalue weighted by Gasteiger charge is 2.17. The fourth-order valence-electron chi connectivity index (χ4n) is 12.9. The van der Waals surface area contributed by atoms with Gasteiger partial charge >= 0.3 is 29.8 Å². The van der Waals surface area contributed by atoms with Crippen LogP contribution < -0.4 is 66.3 Å². The first-order valence-corrected chi connectivity index (χ1v) is 43.3. The van der Waals surface area contributed by atoms with Crippen LogP contribution in [-0.2, 0) is 56.1 Å². The molecule has 0 aliphatic rings. The summed E-state index contributed by atoms with van der Waals surface area (Å²) in [4.78, 5) is 60.8. The molecule has 0 radical (unpaired) electrons. The van der Waals surface area contributed by atoms with Crippen molar-refractivity contribution in [2.45, 2.75) is 181 Å². The van der Waals surface area contributed by atoms with Crippen LogP contribution >= 0.6 is 0 Å². The average Bonchev–Trinajstić information content (AvgIpc) is 0.836. The maximum atomic E-state index is 14.2. The number of unbranched alkanes of at least 4 members (excludes halogenated alkanes) is 20. The van der Waals surface area contributed by atoms with Gasteiger partial charge in [0.15, 0.2) is 46.0 Å². The van der Waals surface area contributed by atoms with E-state index in [0.717, 1.165) is 162 Å². The maximum Gasteiger partial charge on any atom is 0.338 e. The number of rotatable bonds is 65. The standard InChI is InChI=1S/C100H128O24/c1-10-11-12-13-14-15-16-17-34-59-122-100(105)81-68-86(123-73-79-60-82(114-51-26-18-22-30-55-118-88-43-35-75(64-92(88)106-2)39-47-96(101)110-6)70-83(61-79)115-52-27-19-23-31-56-119-89-44-36-76(65-93(89)107-3)40-48-97(102)111-7)72-87(69-81)124-74-80-62-84(116-53-28-20-24-32-57-120-90-45-37-77(66-94(90)108-4)41-49-98(103)112-8)71-85(63-80)117-54-29-21-25-33-58-121-91-46-38-78(67-95(91)109-5)42-50-99(104)113-9/h35-50,60-72H,10-34,51-59,73-74H2,1-9H3. The van der Waals surface area contributed by atoms with Crippen LogP contribution in [0.4, 0.5) is 0 Å². The van der Waals surface area contributed by atoms with E-state index in [1.165, 1.54) is 84.8 Å². The first kappa shape index (κ1) is 99.2. The zero-order valence-electron chi connectivity index (χ0n) is 74.0. The Kier molecular flexibility index (Phi) is 47.8. The van der Waals surface area contributed by atoms with Crippen LogP contribution in [0.15, 0.2) is 152 Å². The molecule has 24 heteroatoms. The minimum Gasteiger partial charge on any atom is -0.493 e. The van der Waals surface area contributed by atoms with Gasteiger partial charge in [-0.05, 0) is 252 Å². The van der Waals surface area contributed by atoms with E-state index in [1.807, 2.05) is 109 Å². The molecule has 0 fully saturated rings. The molecule has 0 aliphatic carbocycles. The van der Waals surface area contributed by atoms with Gasteiger partial charge in [0.05, 0.1) is 122 Å². The van der Waals surface area contributed by atoms with Gasteiger partial charge in [-0.2, -0.15) is 0 Å². The number of benzene rings is 7. The lowest BCUT2D eigenvalue weighted by Crippen LogP contribution is -2.08. The summed E-state index contributed by atoms with van der Waals surface area (Å²) in [6.45, 7) is 6.47. The smallest absolute Gasteiger partial charge is 0.338 e. The minimum absolute atomic E-state index is 0.0915. The average molecular weight is 1710 g/mol. The van der Waals surface area contributed by atoms with Gasteiger partial charge in [-0.3, -0.25) is 0 Å². The number of esters is 5. The third kappa shape index (κ3) is 39.5. The molecule has 0 atom stereocenters. The van der Waals surface area contributed by atoms with Crippen molar-refractivity contribution in [3.8, 4) is 80.5 Å². The van der Waals surface area contributed by atoms with Crippen LogP contribution in [0.5, 0.6) is 80.5 Å². The van der Waals surface area contributed by atoms with Gasteiger partial charge in [-0.1, -0.05) is 82.6 Å². The van der Waals surface area contributed by atoms with Crippen LogP contribution in [0, 0.1) is 0 Å². The number of carbonyl (C=O) groups is 5. The molecule has 7 rings (SSSR count). The lowest BCUT2D eigenvalue weighted by Gasteiger charge is -2.16. The Balaban J connectivity index is 1.03. The second kappa shape index (κ2) is 59.7. The van der Waals surface area contributed by atoms with Crippen molar-refractivity contribution in [3.63, 3.8) is 0 Å². The fraction of sp³-hybridized carbons (Fsp3) is 0.450. The Morgan fingerprint density at radius 3 is 0.726 bits per heavy atom. The Morgan fingerprint density at radius 1 is 0.242 bits per heavy atom. The molecule has 672 valence electrons. The zero-order valence-corrected chi connectivity index (χ0v) is 74.0. The zero-order chi connectivity index (χ0) is 88.4. The van der Waals surface area contributed by atoms with E-state index in [9.17, 15) is 24.0 Å². The molecule has 0 aromatic heterocycles. The van der Waals surface area contributed by atoms with Crippen LogP contribution in [0.1, 0.15) is 211 Å². The molecule has 0 bridgehead atoms. The van der Waals surface area contributed by atoms with Crippen molar-refractivity contribution in [2.24, 2.45) is 0 Å². The number of methoxy groups -OCH3 is 8. The van der Waals surface area contributed by atoms with Crippen molar-refractivity contribution >= 4 is 54.2 Å². The van der Waals surface area contributed by atoms with E-state index >= 15 is 0 Å². The predicted molar refractivity (Wildman–Crippen MR) is 480 cm³/mol. The second-order valence-electron chi connectivity index (χ2n) is 29.4. The Labute approximate surface area is 732 Å². The topological polar surface area (TPSA) is 261 Å². The van der Waals surface area contributed by atoms with Gasteiger partial charge in [-0.25, -0.2) is 24.0 Å². The van der Waals surface area contributed by atoms with Crippen molar-refractivity contribution in [3.05, 3.63) is 191 Å². The summed E-state index contributed by atoms with van der Waals surface area (Å²) in [6, 6.07) is 38.7. The molecule has 0 N–H and O–H groups in total. The molecule has 0 unspecified atom stereocenters. The van der Waals surface area contributed by atoms with Crippen molar-refractivity contribution in [1.82, 2.24) is 0 Å². The lowest BCUT2D eigenvalue weighted by atomic mass is 10.1. The monoisotopic (exact) mass is 1710 g/mol. The van der Waals surface area contributed by atoms with Gasteiger partial charge in [-0.15, -0.1) is 0 Å². The quantitative estimate of drug-likeness (QED) is 0.0148. The van der Waals surface area contributed by atoms with Crippen molar-refractivity contribution < 1.29 is 114 Å².